The van der Waals surface area contributed by atoms with E-state index in [0.717, 1.165) is 43.4 Å². The zero-order chi connectivity index (χ0) is 22.9. The van der Waals surface area contributed by atoms with Gasteiger partial charge in [-0.25, -0.2) is 15.0 Å². The largest absolute Gasteiger partial charge is 0.250 e. The molecule has 3 aliphatic carbocycles. The second-order valence-corrected chi connectivity index (χ2v) is 14.2. The topological polar surface area (TPSA) is 38.7 Å². The predicted octanol–water partition coefficient (Wildman–Crippen LogP) is 8.96. The Morgan fingerprint density at radius 1 is 0.625 bits per heavy atom. The molecular weight excluding hydrogens is 531 g/mol. The van der Waals surface area contributed by atoms with Crippen LogP contribution in [0.2, 0.25) is 0 Å². The zero-order valence-electron chi connectivity index (χ0n) is 17.9. The lowest BCUT2D eigenvalue weighted by Gasteiger charge is -2.40. The molecule has 3 atom stereocenters. The van der Waals surface area contributed by atoms with Crippen LogP contribution >= 0.6 is 69.6 Å². The molecule has 3 unspecified atom stereocenters. The third-order valence-corrected chi connectivity index (χ3v) is 8.57. The number of rotatable bonds is 3. The first-order valence-corrected chi connectivity index (χ1v) is 14.0. The normalized spacial score (nSPS) is 32.1. The first-order chi connectivity index (χ1) is 15.1. The van der Waals surface area contributed by atoms with Gasteiger partial charge in [0.15, 0.2) is 11.6 Å². The maximum atomic E-state index is 6.02. The number of allylic oxidation sites excluding steroid dienone is 2. The van der Waals surface area contributed by atoms with Crippen LogP contribution in [0.4, 0.5) is 0 Å². The van der Waals surface area contributed by atoms with Crippen molar-refractivity contribution in [2.24, 2.45) is 23.7 Å². The fourth-order valence-corrected chi connectivity index (χ4v) is 6.43. The Kier molecular flexibility index (Phi) is 8.49. The summed E-state index contributed by atoms with van der Waals surface area (Å²) in [7, 11) is 0. The van der Waals surface area contributed by atoms with E-state index in [4.69, 9.17) is 69.6 Å². The van der Waals surface area contributed by atoms with Gasteiger partial charge in [-0.3, -0.25) is 0 Å². The summed E-state index contributed by atoms with van der Waals surface area (Å²) < 4.78 is -3.61. The third kappa shape index (κ3) is 6.38. The van der Waals surface area contributed by atoms with Gasteiger partial charge in [-0.1, -0.05) is 114 Å². The average Bonchev–Trinajstić information content (AvgIpc) is 2.76. The van der Waals surface area contributed by atoms with Crippen molar-refractivity contribution in [3.05, 3.63) is 29.6 Å². The maximum absolute atomic E-state index is 6.02. The number of alkyl halides is 6. The van der Waals surface area contributed by atoms with Gasteiger partial charge in [0.05, 0.1) is 0 Å². The molecule has 0 aromatic carbocycles. The van der Waals surface area contributed by atoms with Crippen molar-refractivity contribution in [1.29, 1.82) is 0 Å². The van der Waals surface area contributed by atoms with Gasteiger partial charge in [0.2, 0.25) is 7.59 Å². The van der Waals surface area contributed by atoms with Crippen molar-refractivity contribution < 1.29 is 0 Å². The molecule has 3 nitrogen and oxygen atoms in total. The third-order valence-electron chi connectivity index (χ3n) is 7.56. The van der Waals surface area contributed by atoms with Gasteiger partial charge < -0.3 is 0 Å². The predicted molar refractivity (Wildman–Crippen MR) is 135 cm³/mol. The molecule has 4 rings (SSSR count). The number of fused-ring (bicyclic) bond motifs is 1. The molecule has 9 heteroatoms. The van der Waals surface area contributed by atoms with Crippen molar-refractivity contribution >= 4 is 69.6 Å². The highest BCUT2D eigenvalue weighted by atomic mass is 35.6. The van der Waals surface area contributed by atoms with Crippen molar-refractivity contribution in [1.82, 2.24) is 15.0 Å². The Balaban J connectivity index is 1.41. The van der Waals surface area contributed by atoms with Crippen LogP contribution < -0.4 is 0 Å². The number of nitrogens with zero attached hydrogens (tertiary/aromatic N) is 3. The molecule has 0 bridgehead atoms. The highest BCUT2D eigenvalue weighted by molar-refractivity contribution is 6.67. The van der Waals surface area contributed by atoms with Gasteiger partial charge in [-0.05, 0) is 62.2 Å². The number of halogens is 6. The second-order valence-electron chi connectivity index (χ2n) is 9.64. The molecule has 0 N–H and O–H groups in total. The molecule has 3 aliphatic rings. The molecule has 0 saturated heterocycles. The summed E-state index contributed by atoms with van der Waals surface area (Å²) in [6.07, 6.45) is 19.0. The van der Waals surface area contributed by atoms with Crippen LogP contribution in [0.3, 0.4) is 0 Å². The van der Waals surface area contributed by atoms with E-state index in [1.807, 2.05) is 0 Å². The highest BCUT2D eigenvalue weighted by Gasteiger charge is 2.36. The smallest absolute Gasteiger partial charge is 0.213 e. The lowest BCUT2D eigenvalue weighted by Crippen LogP contribution is -2.30. The Bertz CT molecular complexity index is 777. The zero-order valence-corrected chi connectivity index (χ0v) is 22.5. The van der Waals surface area contributed by atoms with E-state index in [0.29, 0.717) is 11.7 Å². The van der Waals surface area contributed by atoms with Gasteiger partial charge in [-0.2, -0.15) is 0 Å². The molecule has 32 heavy (non-hydrogen) atoms. The summed E-state index contributed by atoms with van der Waals surface area (Å²) in [5.74, 6) is 3.92. The Morgan fingerprint density at radius 2 is 1.22 bits per heavy atom. The molecule has 1 aromatic heterocycles. The van der Waals surface area contributed by atoms with Crippen LogP contribution in [-0.2, 0) is 7.59 Å². The number of hydrogen-bond acceptors (Lipinski definition) is 3. The molecule has 1 heterocycles. The minimum Gasteiger partial charge on any atom is -0.213 e. The minimum absolute atomic E-state index is 0.00446. The average molecular weight is 560 g/mol. The molecular formula is C23H29Cl6N3. The lowest BCUT2D eigenvalue weighted by atomic mass is 9.65. The standard InChI is InChI=1S/C23H29Cl6N3/c24-22(25,26)20-30-19(31-21(32-20)23(27,28)29)17-12-9-14(10-13-17)8-11-16-6-3-5-15-4-1-2-7-18(15)16/h8,11,14-18H,1-7,9-10,12-13H2. The van der Waals surface area contributed by atoms with Gasteiger partial charge in [-0.15, -0.1) is 0 Å². The van der Waals surface area contributed by atoms with Crippen LogP contribution in [0.5, 0.6) is 0 Å². The summed E-state index contributed by atoms with van der Waals surface area (Å²) in [4.78, 5) is 12.9. The van der Waals surface area contributed by atoms with E-state index >= 15 is 0 Å². The fourth-order valence-electron chi connectivity index (χ4n) is 5.93. The molecule has 178 valence electrons. The molecule has 3 saturated carbocycles. The van der Waals surface area contributed by atoms with Gasteiger partial charge in [0.1, 0.15) is 5.82 Å². The van der Waals surface area contributed by atoms with Crippen LogP contribution in [-0.4, -0.2) is 15.0 Å². The van der Waals surface area contributed by atoms with Gasteiger partial charge in [0, 0.05) is 5.92 Å². The van der Waals surface area contributed by atoms with E-state index in [2.05, 4.69) is 27.1 Å². The summed E-state index contributed by atoms with van der Waals surface area (Å²) in [6, 6.07) is 0. The van der Waals surface area contributed by atoms with E-state index in [-0.39, 0.29) is 17.6 Å². The Hall–Kier alpha value is 0.490. The molecule has 0 amide bonds. The van der Waals surface area contributed by atoms with Crippen molar-refractivity contribution in [3.63, 3.8) is 0 Å². The SMILES string of the molecule is ClC(Cl)(Cl)c1nc(C2CCC(C=CC3CCCC4CCCCC34)CC2)nc(C(Cl)(Cl)Cl)n1. The first-order valence-electron chi connectivity index (χ1n) is 11.7. The van der Waals surface area contributed by atoms with Crippen LogP contribution in [0.15, 0.2) is 12.2 Å². The van der Waals surface area contributed by atoms with Crippen LogP contribution in [0.25, 0.3) is 0 Å². The second kappa shape index (κ2) is 10.6. The minimum atomic E-state index is -1.81. The lowest BCUT2D eigenvalue weighted by molar-refractivity contribution is 0.129. The van der Waals surface area contributed by atoms with Crippen molar-refractivity contribution in [3.8, 4) is 0 Å². The van der Waals surface area contributed by atoms with Crippen molar-refractivity contribution in [2.45, 2.75) is 84.1 Å². The van der Waals surface area contributed by atoms with E-state index in [9.17, 15) is 0 Å². The summed E-state index contributed by atoms with van der Waals surface area (Å²) in [5, 5.41) is 0. The summed E-state index contributed by atoms with van der Waals surface area (Å²) >= 11 is 36.1. The van der Waals surface area contributed by atoms with Crippen LogP contribution in [0.1, 0.15) is 94.0 Å². The molecule has 1 aromatic rings. The number of hydrogen-bond donors (Lipinski definition) is 0. The first kappa shape index (κ1) is 25.6. The van der Waals surface area contributed by atoms with E-state index in [1.54, 1.807) is 0 Å². The monoisotopic (exact) mass is 557 g/mol. The Labute approximate surface area is 221 Å². The highest BCUT2D eigenvalue weighted by Crippen LogP contribution is 2.45. The molecule has 0 aliphatic heterocycles. The quantitative estimate of drug-likeness (QED) is 0.274. The van der Waals surface area contributed by atoms with Crippen LogP contribution in [0, 0.1) is 23.7 Å². The van der Waals surface area contributed by atoms with Gasteiger partial charge in [0.25, 0.3) is 0 Å². The molecule has 0 spiro atoms. The summed E-state index contributed by atoms with van der Waals surface area (Å²) in [5.41, 5.74) is 0. The van der Waals surface area contributed by atoms with E-state index < -0.39 is 7.59 Å². The maximum Gasteiger partial charge on any atom is 0.250 e. The number of aromatic nitrogens is 3. The summed E-state index contributed by atoms with van der Waals surface area (Å²) in [6.45, 7) is 0. The van der Waals surface area contributed by atoms with Crippen molar-refractivity contribution in [2.75, 3.05) is 0 Å². The fraction of sp³-hybridized carbons (Fsp3) is 0.783. The molecule has 0 radical (unpaired) electrons. The van der Waals surface area contributed by atoms with Gasteiger partial charge >= 0.3 is 0 Å². The van der Waals surface area contributed by atoms with E-state index in [1.165, 1.54) is 44.9 Å². The Morgan fingerprint density at radius 3 is 1.84 bits per heavy atom. The molecule has 3 fully saturated rings.